The SMILES string of the molecule is CCN1CCN(C(=O)C2CCC(C(=O)N3CCC4(CC3)OCCO4)CC2)CC1. The third-order valence-electron chi connectivity index (χ3n) is 7.21. The maximum atomic E-state index is 12.9. The number of carbonyl (C=O) groups excluding carboxylic acids is 2. The lowest BCUT2D eigenvalue weighted by molar-refractivity contribution is -0.188. The van der Waals surface area contributed by atoms with Crippen LogP contribution in [0.3, 0.4) is 0 Å². The molecule has 2 amide bonds. The van der Waals surface area contributed by atoms with Crippen LogP contribution in [0, 0.1) is 11.8 Å². The first-order valence-electron chi connectivity index (χ1n) is 11.2. The molecule has 0 aromatic heterocycles. The van der Waals surface area contributed by atoms with Gasteiger partial charge in [-0.3, -0.25) is 9.59 Å². The van der Waals surface area contributed by atoms with Gasteiger partial charge in [0.05, 0.1) is 13.2 Å². The van der Waals surface area contributed by atoms with E-state index >= 15 is 0 Å². The molecule has 0 atom stereocenters. The summed E-state index contributed by atoms with van der Waals surface area (Å²) in [6.45, 7) is 9.69. The van der Waals surface area contributed by atoms with Crippen molar-refractivity contribution in [1.29, 1.82) is 0 Å². The van der Waals surface area contributed by atoms with E-state index in [-0.39, 0.29) is 17.7 Å². The minimum Gasteiger partial charge on any atom is -0.347 e. The van der Waals surface area contributed by atoms with Crippen molar-refractivity contribution in [3.63, 3.8) is 0 Å². The molecule has 7 heteroatoms. The first kappa shape index (κ1) is 20.1. The van der Waals surface area contributed by atoms with E-state index in [2.05, 4.69) is 11.8 Å². The molecule has 0 radical (unpaired) electrons. The van der Waals surface area contributed by atoms with Crippen molar-refractivity contribution in [3.05, 3.63) is 0 Å². The Labute approximate surface area is 168 Å². The van der Waals surface area contributed by atoms with E-state index in [0.717, 1.165) is 84.3 Å². The number of nitrogens with zero attached hydrogens (tertiary/aromatic N) is 3. The molecule has 1 aliphatic carbocycles. The van der Waals surface area contributed by atoms with Crippen LogP contribution in [0.5, 0.6) is 0 Å². The van der Waals surface area contributed by atoms with Crippen LogP contribution in [-0.2, 0) is 19.1 Å². The highest BCUT2D eigenvalue weighted by Crippen LogP contribution is 2.35. The van der Waals surface area contributed by atoms with Crippen molar-refractivity contribution in [2.45, 2.75) is 51.2 Å². The monoisotopic (exact) mass is 393 g/mol. The maximum absolute atomic E-state index is 12.9. The van der Waals surface area contributed by atoms with Crippen LogP contribution in [0.15, 0.2) is 0 Å². The lowest BCUT2D eigenvalue weighted by Crippen LogP contribution is -2.51. The Morgan fingerprint density at radius 2 is 1.25 bits per heavy atom. The Morgan fingerprint density at radius 3 is 1.71 bits per heavy atom. The molecule has 0 bridgehead atoms. The number of piperazine rings is 1. The van der Waals surface area contributed by atoms with Gasteiger partial charge in [-0.2, -0.15) is 0 Å². The van der Waals surface area contributed by atoms with Crippen LogP contribution in [0.4, 0.5) is 0 Å². The summed E-state index contributed by atoms with van der Waals surface area (Å²) in [5.74, 6) is 0.359. The van der Waals surface area contributed by atoms with E-state index in [9.17, 15) is 9.59 Å². The van der Waals surface area contributed by atoms with Crippen molar-refractivity contribution < 1.29 is 19.1 Å². The number of hydrogen-bond acceptors (Lipinski definition) is 5. The molecule has 0 aromatic carbocycles. The number of likely N-dealkylation sites (N-methyl/N-ethyl adjacent to an activating group) is 1. The summed E-state index contributed by atoms with van der Waals surface area (Å²) in [5, 5.41) is 0. The molecule has 3 saturated heterocycles. The Bertz CT molecular complexity index is 552. The van der Waals surface area contributed by atoms with E-state index in [1.807, 2.05) is 9.80 Å². The summed E-state index contributed by atoms with van der Waals surface area (Å²) in [7, 11) is 0. The fraction of sp³-hybridized carbons (Fsp3) is 0.905. The second-order valence-electron chi connectivity index (χ2n) is 8.74. The number of piperidine rings is 1. The van der Waals surface area contributed by atoms with Crippen LogP contribution in [0.25, 0.3) is 0 Å². The van der Waals surface area contributed by atoms with E-state index < -0.39 is 5.79 Å². The predicted octanol–water partition coefficient (Wildman–Crippen LogP) is 1.32. The van der Waals surface area contributed by atoms with E-state index in [0.29, 0.717) is 19.1 Å². The Balaban J connectivity index is 1.22. The second kappa shape index (κ2) is 8.67. The highest BCUT2D eigenvalue weighted by molar-refractivity contribution is 5.81. The number of hydrogen-bond donors (Lipinski definition) is 0. The zero-order chi connectivity index (χ0) is 19.6. The summed E-state index contributed by atoms with van der Waals surface area (Å²) in [6.07, 6.45) is 4.95. The molecular weight excluding hydrogens is 358 g/mol. The normalized spacial score (nSPS) is 31.3. The lowest BCUT2D eigenvalue weighted by atomic mass is 9.80. The topological polar surface area (TPSA) is 62.3 Å². The van der Waals surface area contributed by atoms with Crippen LogP contribution < -0.4 is 0 Å². The molecule has 0 unspecified atom stereocenters. The molecule has 0 aromatic rings. The largest absolute Gasteiger partial charge is 0.347 e. The zero-order valence-corrected chi connectivity index (χ0v) is 17.2. The highest BCUT2D eigenvalue weighted by atomic mass is 16.7. The first-order chi connectivity index (χ1) is 13.6. The third kappa shape index (κ3) is 4.21. The van der Waals surface area contributed by atoms with E-state index in [1.165, 1.54) is 0 Å². The van der Waals surface area contributed by atoms with Crippen LogP contribution in [0.2, 0.25) is 0 Å². The molecular formula is C21H35N3O4. The molecule has 0 N–H and O–H groups in total. The summed E-state index contributed by atoms with van der Waals surface area (Å²) in [6, 6.07) is 0. The fourth-order valence-corrected chi connectivity index (χ4v) is 5.24. The van der Waals surface area contributed by atoms with Gasteiger partial charge in [0, 0.05) is 63.9 Å². The van der Waals surface area contributed by atoms with Gasteiger partial charge < -0.3 is 24.2 Å². The predicted molar refractivity (Wildman–Crippen MR) is 105 cm³/mol. The van der Waals surface area contributed by atoms with Crippen molar-refractivity contribution in [1.82, 2.24) is 14.7 Å². The second-order valence-corrected chi connectivity index (χ2v) is 8.74. The van der Waals surface area contributed by atoms with Crippen LogP contribution in [0.1, 0.15) is 45.4 Å². The highest BCUT2D eigenvalue weighted by Gasteiger charge is 2.42. The average molecular weight is 394 g/mol. The molecule has 3 aliphatic heterocycles. The summed E-state index contributed by atoms with van der Waals surface area (Å²) in [5.41, 5.74) is 0. The van der Waals surface area contributed by atoms with Gasteiger partial charge in [-0.05, 0) is 32.2 Å². The smallest absolute Gasteiger partial charge is 0.225 e. The first-order valence-corrected chi connectivity index (χ1v) is 11.2. The Morgan fingerprint density at radius 1 is 0.786 bits per heavy atom. The molecule has 1 saturated carbocycles. The number of ether oxygens (including phenoxy) is 2. The van der Waals surface area contributed by atoms with Crippen molar-refractivity contribution >= 4 is 11.8 Å². The molecule has 7 nitrogen and oxygen atoms in total. The number of carbonyl (C=O) groups is 2. The van der Waals surface area contributed by atoms with E-state index in [1.54, 1.807) is 0 Å². The molecule has 4 rings (SSSR count). The van der Waals surface area contributed by atoms with Gasteiger partial charge in [0.1, 0.15) is 0 Å². The van der Waals surface area contributed by atoms with Crippen molar-refractivity contribution in [3.8, 4) is 0 Å². The number of likely N-dealkylation sites (tertiary alicyclic amines) is 1. The minimum absolute atomic E-state index is 0.0838. The molecule has 4 fully saturated rings. The van der Waals surface area contributed by atoms with Gasteiger partial charge in [-0.1, -0.05) is 6.92 Å². The molecule has 3 heterocycles. The molecule has 28 heavy (non-hydrogen) atoms. The summed E-state index contributed by atoms with van der Waals surface area (Å²) in [4.78, 5) is 32.2. The maximum Gasteiger partial charge on any atom is 0.225 e. The van der Waals surface area contributed by atoms with Crippen molar-refractivity contribution in [2.75, 3.05) is 59.0 Å². The van der Waals surface area contributed by atoms with Gasteiger partial charge >= 0.3 is 0 Å². The minimum atomic E-state index is -0.428. The Kier molecular flexibility index (Phi) is 6.23. The van der Waals surface area contributed by atoms with Crippen LogP contribution >= 0.6 is 0 Å². The number of rotatable bonds is 3. The van der Waals surface area contributed by atoms with Gasteiger partial charge in [0.15, 0.2) is 5.79 Å². The quantitative estimate of drug-likeness (QED) is 0.724. The van der Waals surface area contributed by atoms with Crippen LogP contribution in [-0.4, -0.2) is 91.3 Å². The van der Waals surface area contributed by atoms with Gasteiger partial charge in [0.25, 0.3) is 0 Å². The van der Waals surface area contributed by atoms with Gasteiger partial charge in [0.2, 0.25) is 11.8 Å². The summed E-state index contributed by atoms with van der Waals surface area (Å²) >= 11 is 0. The fourth-order valence-electron chi connectivity index (χ4n) is 5.24. The van der Waals surface area contributed by atoms with Gasteiger partial charge in [-0.15, -0.1) is 0 Å². The van der Waals surface area contributed by atoms with Crippen molar-refractivity contribution in [2.24, 2.45) is 11.8 Å². The molecule has 4 aliphatic rings. The Hall–Kier alpha value is -1.18. The standard InChI is InChI=1S/C21H35N3O4/c1-2-22-11-13-24(14-12-22)20(26)18-5-3-17(4-6-18)19(25)23-9-7-21(8-10-23)27-15-16-28-21/h17-18H,2-16H2,1H3. The molecule has 1 spiro atoms. The number of amides is 2. The average Bonchev–Trinajstić information content (AvgIpc) is 3.21. The zero-order valence-electron chi connectivity index (χ0n) is 17.2. The summed E-state index contributed by atoms with van der Waals surface area (Å²) < 4.78 is 11.5. The lowest BCUT2D eigenvalue weighted by Gasteiger charge is -2.40. The van der Waals surface area contributed by atoms with Gasteiger partial charge in [-0.25, -0.2) is 0 Å². The van der Waals surface area contributed by atoms with E-state index in [4.69, 9.17) is 9.47 Å². The molecule has 158 valence electrons. The third-order valence-corrected chi connectivity index (χ3v) is 7.21.